The molecule has 0 saturated carbocycles. The van der Waals surface area contributed by atoms with Gasteiger partial charge in [0, 0.05) is 38.0 Å². The van der Waals surface area contributed by atoms with E-state index in [2.05, 4.69) is 15.5 Å². The Labute approximate surface area is 152 Å². The van der Waals surface area contributed by atoms with Gasteiger partial charge in [-0.15, -0.1) is 0 Å². The normalized spacial score (nSPS) is 14.3. The summed E-state index contributed by atoms with van der Waals surface area (Å²) < 4.78 is 10.7. The van der Waals surface area contributed by atoms with E-state index in [1.807, 2.05) is 6.92 Å². The van der Waals surface area contributed by atoms with Gasteiger partial charge in [0.15, 0.2) is 0 Å². The number of carbonyl (C=O) groups excluding carboxylic acids is 2. The molecule has 2 rings (SSSR count). The van der Waals surface area contributed by atoms with Gasteiger partial charge in [-0.05, 0) is 19.1 Å². The van der Waals surface area contributed by atoms with Gasteiger partial charge < -0.3 is 25.0 Å². The molecule has 1 saturated heterocycles. The van der Waals surface area contributed by atoms with E-state index in [0.29, 0.717) is 50.0 Å². The van der Waals surface area contributed by atoms with Crippen LogP contribution in [0, 0.1) is 6.57 Å². The summed E-state index contributed by atoms with van der Waals surface area (Å²) in [6.45, 7) is 12.9. The van der Waals surface area contributed by atoms with Gasteiger partial charge >= 0.3 is 0 Å². The van der Waals surface area contributed by atoms with Crippen molar-refractivity contribution in [2.24, 2.45) is 0 Å². The van der Waals surface area contributed by atoms with E-state index < -0.39 is 0 Å². The molecule has 1 aliphatic rings. The molecule has 0 unspecified atom stereocenters. The SMILES string of the molecule is [C-]#[N+]/C(=C\Nc1ccc(NC(C)=O)c(OCC)c1)C(=O)N1CCOCC1. The summed E-state index contributed by atoms with van der Waals surface area (Å²) in [5.41, 5.74) is 1.19. The zero-order chi connectivity index (χ0) is 18.9. The van der Waals surface area contributed by atoms with E-state index in [4.69, 9.17) is 16.0 Å². The fourth-order valence-electron chi connectivity index (χ4n) is 2.40. The van der Waals surface area contributed by atoms with Crippen LogP contribution in [0.3, 0.4) is 0 Å². The second-order valence-corrected chi connectivity index (χ2v) is 5.52. The third kappa shape index (κ3) is 5.22. The Balaban J connectivity index is 2.13. The number of nitrogens with one attached hydrogen (secondary N) is 2. The highest BCUT2D eigenvalue weighted by Gasteiger charge is 2.20. The molecule has 0 aliphatic carbocycles. The van der Waals surface area contributed by atoms with E-state index in [1.165, 1.54) is 13.1 Å². The molecule has 1 heterocycles. The summed E-state index contributed by atoms with van der Waals surface area (Å²) in [5.74, 6) is -0.0152. The minimum atomic E-state index is -0.323. The van der Waals surface area contributed by atoms with Crippen molar-refractivity contribution in [3.63, 3.8) is 0 Å². The molecule has 26 heavy (non-hydrogen) atoms. The molecule has 0 aromatic heterocycles. The van der Waals surface area contributed by atoms with Crippen LogP contribution in [0.15, 0.2) is 30.1 Å². The molecule has 2 amide bonds. The number of ether oxygens (including phenoxy) is 2. The van der Waals surface area contributed by atoms with Gasteiger partial charge in [0.2, 0.25) is 5.91 Å². The number of anilines is 2. The van der Waals surface area contributed by atoms with Crippen LogP contribution in [0.25, 0.3) is 4.85 Å². The number of amides is 2. The zero-order valence-electron chi connectivity index (χ0n) is 14.9. The standard InChI is InChI=1S/C18H22N4O4/c1-4-26-17-11-14(5-6-15(17)21-13(2)23)20-12-16(19-3)18(24)22-7-9-25-10-8-22/h5-6,11-12,20H,4,7-10H2,1-2H3,(H,21,23)/b16-12-. The van der Waals surface area contributed by atoms with Crippen LogP contribution in [0.4, 0.5) is 11.4 Å². The Morgan fingerprint density at radius 1 is 1.38 bits per heavy atom. The third-order valence-electron chi connectivity index (χ3n) is 3.61. The lowest BCUT2D eigenvalue weighted by Crippen LogP contribution is -2.41. The summed E-state index contributed by atoms with van der Waals surface area (Å²) in [4.78, 5) is 28.5. The fraction of sp³-hybridized carbons (Fsp3) is 0.389. The maximum Gasteiger partial charge on any atom is 0.265 e. The van der Waals surface area contributed by atoms with Gasteiger partial charge in [-0.1, -0.05) is 0 Å². The van der Waals surface area contributed by atoms with Gasteiger partial charge in [-0.3, -0.25) is 9.59 Å². The quantitative estimate of drug-likeness (QED) is 0.601. The molecule has 2 N–H and O–H groups in total. The van der Waals surface area contributed by atoms with Crippen molar-refractivity contribution in [2.45, 2.75) is 13.8 Å². The Morgan fingerprint density at radius 2 is 2.12 bits per heavy atom. The van der Waals surface area contributed by atoms with Crippen LogP contribution in [0.1, 0.15) is 13.8 Å². The molecule has 0 spiro atoms. The second-order valence-electron chi connectivity index (χ2n) is 5.52. The predicted molar refractivity (Wildman–Crippen MR) is 97.6 cm³/mol. The van der Waals surface area contributed by atoms with E-state index in [1.54, 1.807) is 23.1 Å². The Morgan fingerprint density at radius 3 is 2.73 bits per heavy atom. The maximum atomic E-state index is 12.4. The van der Waals surface area contributed by atoms with Crippen LogP contribution >= 0.6 is 0 Å². The molecule has 1 aromatic carbocycles. The minimum absolute atomic E-state index is 0.00389. The lowest BCUT2D eigenvalue weighted by Gasteiger charge is -2.26. The van der Waals surface area contributed by atoms with Crippen molar-refractivity contribution in [3.8, 4) is 5.75 Å². The van der Waals surface area contributed by atoms with Crippen molar-refractivity contribution < 1.29 is 19.1 Å². The number of nitrogens with zero attached hydrogens (tertiary/aromatic N) is 2. The summed E-state index contributed by atoms with van der Waals surface area (Å²) in [6.07, 6.45) is 1.38. The molecule has 138 valence electrons. The summed E-state index contributed by atoms with van der Waals surface area (Å²) >= 11 is 0. The van der Waals surface area contributed by atoms with Gasteiger partial charge in [0.05, 0.1) is 32.1 Å². The number of morpholine rings is 1. The molecule has 1 fully saturated rings. The number of rotatable bonds is 6. The number of benzene rings is 1. The second kappa shape index (κ2) is 9.44. The minimum Gasteiger partial charge on any atom is -0.492 e. The topological polar surface area (TPSA) is 84.3 Å². The van der Waals surface area contributed by atoms with Crippen molar-refractivity contribution in [1.82, 2.24) is 4.90 Å². The van der Waals surface area contributed by atoms with Crippen LogP contribution in [0.5, 0.6) is 5.75 Å². The van der Waals surface area contributed by atoms with Crippen LogP contribution < -0.4 is 15.4 Å². The lowest BCUT2D eigenvalue weighted by molar-refractivity contribution is -0.130. The zero-order valence-corrected chi connectivity index (χ0v) is 14.9. The first-order chi connectivity index (χ1) is 12.5. The third-order valence-corrected chi connectivity index (χ3v) is 3.61. The Kier molecular flexibility index (Phi) is 7.00. The average molecular weight is 358 g/mol. The van der Waals surface area contributed by atoms with E-state index in [-0.39, 0.29) is 17.5 Å². The van der Waals surface area contributed by atoms with E-state index in [0.717, 1.165) is 0 Å². The molecule has 0 radical (unpaired) electrons. The van der Waals surface area contributed by atoms with Crippen molar-refractivity contribution in [1.29, 1.82) is 0 Å². The maximum absolute atomic E-state index is 12.4. The smallest absolute Gasteiger partial charge is 0.265 e. The highest BCUT2D eigenvalue weighted by molar-refractivity contribution is 5.95. The highest BCUT2D eigenvalue weighted by atomic mass is 16.5. The lowest BCUT2D eigenvalue weighted by atomic mass is 10.2. The highest BCUT2D eigenvalue weighted by Crippen LogP contribution is 2.28. The molecule has 1 aromatic rings. The average Bonchev–Trinajstić information content (AvgIpc) is 2.64. The van der Waals surface area contributed by atoms with Crippen LogP contribution in [0.2, 0.25) is 0 Å². The molecule has 0 atom stereocenters. The summed E-state index contributed by atoms with van der Waals surface area (Å²) in [5, 5.41) is 5.64. The first-order valence-electron chi connectivity index (χ1n) is 8.30. The van der Waals surface area contributed by atoms with E-state index >= 15 is 0 Å². The summed E-state index contributed by atoms with van der Waals surface area (Å²) in [7, 11) is 0. The predicted octanol–water partition coefficient (Wildman–Crippen LogP) is 2.08. The molecular weight excluding hydrogens is 336 g/mol. The van der Waals surface area contributed by atoms with Crippen LogP contribution in [-0.4, -0.2) is 49.6 Å². The first kappa shape index (κ1) is 19.3. The number of carbonyl (C=O) groups is 2. The van der Waals surface area contributed by atoms with Gasteiger partial charge in [0.25, 0.3) is 11.6 Å². The number of hydrogen-bond donors (Lipinski definition) is 2. The van der Waals surface area contributed by atoms with E-state index in [9.17, 15) is 9.59 Å². The van der Waals surface area contributed by atoms with Crippen molar-refractivity contribution >= 4 is 23.2 Å². The van der Waals surface area contributed by atoms with Gasteiger partial charge in [0.1, 0.15) is 5.75 Å². The van der Waals surface area contributed by atoms with Crippen LogP contribution in [-0.2, 0) is 14.3 Å². The number of hydrogen-bond acceptors (Lipinski definition) is 5. The first-order valence-corrected chi connectivity index (χ1v) is 8.30. The Hall–Kier alpha value is -3.05. The molecule has 8 nitrogen and oxygen atoms in total. The molecule has 1 aliphatic heterocycles. The Bertz CT molecular complexity index is 733. The van der Waals surface area contributed by atoms with Crippen molar-refractivity contribution in [2.75, 3.05) is 43.5 Å². The molecular formula is C18H22N4O4. The fourth-order valence-corrected chi connectivity index (χ4v) is 2.40. The molecule has 0 bridgehead atoms. The van der Waals surface area contributed by atoms with Crippen molar-refractivity contribution in [3.05, 3.63) is 41.5 Å². The largest absolute Gasteiger partial charge is 0.492 e. The molecule has 8 heteroatoms. The summed E-state index contributed by atoms with van der Waals surface area (Å²) in [6, 6.07) is 5.13. The van der Waals surface area contributed by atoms with Gasteiger partial charge in [-0.25, -0.2) is 4.85 Å². The monoisotopic (exact) mass is 358 g/mol. The van der Waals surface area contributed by atoms with Gasteiger partial charge in [-0.2, -0.15) is 0 Å².